The van der Waals surface area contributed by atoms with Gasteiger partial charge in [0.25, 0.3) is 0 Å². The molecule has 0 radical (unpaired) electrons. The van der Waals surface area contributed by atoms with Crippen molar-refractivity contribution in [2.24, 2.45) is 5.10 Å². The molecule has 0 aliphatic carbocycles. The minimum atomic E-state index is -0.418. The minimum Gasteiger partial charge on any atom is -0.497 e. The molecule has 0 amide bonds. The number of quaternary nitrogens is 1. The Balaban J connectivity index is 1.54. The lowest BCUT2D eigenvalue weighted by molar-refractivity contribution is -0.929. The number of benzene rings is 2. The first-order valence-electron chi connectivity index (χ1n) is 11.3. The second kappa shape index (κ2) is 7.75. The van der Waals surface area contributed by atoms with E-state index in [1.807, 2.05) is 24.3 Å². The van der Waals surface area contributed by atoms with Crippen LogP contribution in [-0.4, -0.2) is 49.8 Å². The molecule has 0 bridgehead atoms. The predicted octanol–water partition coefficient (Wildman–Crippen LogP) is 3.03. The number of nitrogens with zero attached hydrogens (tertiary/aromatic N) is 2. The summed E-state index contributed by atoms with van der Waals surface area (Å²) in [5.41, 5.74) is 2.99. The average Bonchev–Trinajstić information content (AvgIpc) is 3.26. The summed E-state index contributed by atoms with van der Waals surface area (Å²) in [4.78, 5) is 1.63. The summed E-state index contributed by atoms with van der Waals surface area (Å²) >= 11 is 0. The smallest absolute Gasteiger partial charge is 0.209 e. The Morgan fingerprint density at radius 3 is 2.45 bits per heavy atom. The van der Waals surface area contributed by atoms with Crippen LogP contribution < -0.4 is 19.1 Å². The van der Waals surface area contributed by atoms with Crippen molar-refractivity contribution in [3.8, 4) is 17.2 Å². The number of piperidine rings is 1. The summed E-state index contributed by atoms with van der Waals surface area (Å²) in [5, 5.41) is 7.44. The van der Waals surface area contributed by atoms with E-state index in [0.717, 1.165) is 66.4 Å². The van der Waals surface area contributed by atoms with Crippen LogP contribution in [0.2, 0.25) is 0 Å². The molecule has 3 heterocycles. The second-order valence-corrected chi connectivity index (χ2v) is 9.08. The fourth-order valence-corrected chi connectivity index (χ4v) is 5.26. The van der Waals surface area contributed by atoms with E-state index in [0.29, 0.717) is 6.04 Å². The number of likely N-dealkylation sites (tertiary alicyclic amines) is 1. The molecule has 1 atom stereocenters. The van der Waals surface area contributed by atoms with E-state index in [2.05, 4.69) is 37.1 Å². The lowest BCUT2D eigenvalue weighted by atomic mass is 9.90. The van der Waals surface area contributed by atoms with Gasteiger partial charge in [0.1, 0.15) is 5.75 Å². The van der Waals surface area contributed by atoms with E-state index in [9.17, 15) is 0 Å². The number of methoxy groups -OCH3 is 2. The highest BCUT2D eigenvalue weighted by Crippen LogP contribution is 2.52. The van der Waals surface area contributed by atoms with Crippen LogP contribution in [0.5, 0.6) is 17.2 Å². The molecule has 5 rings (SSSR count). The molecule has 0 unspecified atom stereocenters. The van der Waals surface area contributed by atoms with Crippen molar-refractivity contribution in [2.75, 3.05) is 27.3 Å². The molecular formula is C25H32N3O3+. The van der Waals surface area contributed by atoms with Crippen molar-refractivity contribution in [1.82, 2.24) is 5.01 Å². The summed E-state index contributed by atoms with van der Waals surface area (Å²) in [6.45, 7) is 6.76. The summed E-state index contributed by atoms with van der Waals surface area (Å²) < 4.78 is 17.8. The Morgan fingerprint density at radius 1 is 1.06 bits per heavy atom. The van der Waals surface area contributed by atoms with Crippen molar-refractivity contribution in [3.05, 3.63) is 53.6 Å². The average molecular weight is 423 g/mol. The molecule has 2 aromatic carbocycles. The highest BCUT2D eigenvalue weighted by atomic mass is 16.5. The Kier molecular flexibility index (Phi) is 5.05. The van der Waals surface area contributed by atoms with E-state index in [1.54, 1.807) is 19.1 Å². The summed E-state index contributed by atoms with van der Waals surface area (Å²) in [7, 11) is 3.41. The number of hydrogen-bond acceptors (Lipinski definition) is 5. The van der Waals surface area contributed by atoms with E-state index in [1.165, 1.54) is 0 Å². The van der Waals surface area contributed by atoms with Crippen LogP contribution in [0, 0.1) is 0 Å². The molecule has 1 N–H and O–H groups in total. The fourth-order valence-electron chi connectivity index (χ4n) is 5.26. The maximum absolute atomic E-state index is 6.81. The highest BCUT2D eigenvalue weighted by Gasteiger charge is 2.53. The summed E-state index contributed by atoms with van der Waals surface area (Å²) in [6, 6.07) is 15.2. The van der Waals surface area contributed by atoms with Gasteiger partial charge in [0.2, 0.25) is 5.72 Å². The van der Waals surface area contributed by atoms with Crippen LogP contribution >= 0.6 is 0 Å². The van der Waals surface area contributed by atoms with Gasteiger partial charge in [-0.25, -0.2) is 5.01 Å². The molecule has 6 nitrogen and oxygen atoms in total. The maximum atomic E-state index is 6.81. The van der Waals surface area contributed by atoms with Gasteiger partial charge < -0.3 is 19.1 Å². The molecule has 0 saturated carbocycles. The summed E-state index contributed by atoms with van der Waals surface area (Å²) in [5.74, 6) is 2.57. The predicted molar refractivity (Wildman–Crippen MR) is 120 cm³/mol. The van der Waals surface area contributed by atoms with Crippen molar-refractivity contribution in [2.45, 2.75) is 50.9 Å². The van der Waals surface area contributed by atoms with Gasteiger partial charge >= 0.3 is 0 Å². The third-order valence-corrected chi connectivity index (χ3v) is 7.12. The minimum absolute atomic E-state index is 0.163. The molecule has 1 spiro atoms. The van der Waals surface area contributed by atoms with Gasteiger partial charge in [-0.3, -0.25) is 0 Å². The Labute approximate surface area is 184 Å². The van der Waals surface area contributed by atoms with Gasteiger partial charge in [-0.1, -0.05) is 12.1 Å². The van der Waals surface area contributed by atoms with Crippen LogP contribution in [0.25, 0.3) is 0 Å². The van der Waals surface area contributed by atoms with Crippen LogP contribution in [0.15, 0.2) is 47.6 Å². The molecule has 0 aromatic heterocycles. The third kappa shape index (κ3) is 3.33. The molecule has 3 aliphatic rings. The first-order valence-corrected chi connectivity index (χ1v) is 11.3. The Morgan fingerprint density at radius 2 is 1.81 bits per heavy atom. The molecule has 31 heavy (non-hydrogen) atoms. The second-order valence-electron chi connectivity index (χ2n) is 9.08. The third-order valence-electron chi connectivity index (χ3n) is 7.12. The van der Waals surface area contributed by atoms with Gasteiger partial charge in [-0.15, -0.1) is 0 Å². The topological polar surface area (TPSA) is 47.7 Å². The van der Waals surface area contributed by atoms with Crippen molar-refractivity contribution < 1.29 is 19.1 Å². The molecule has 1 saturated heterocycles. The number of hydrogen-bond donors (Lipinski definition) is 1. The summed E-state index contributed by atoms with van der Waals surface area (Å²) in [6.07, 6.45) is 2.76. The lowest BCUT2D eigenvalue weighted by Crippen LogP contribution is -3.16. The van der Waals surface area contributed by atoms with Gasteiger partial charge in [0.15, 0.2) is 11.5 Å². The van der Waals surface area contributed by atoms with E-state index in [-0.39, 0.29) is 6.04 Å². The number of fused-ring (bicyclic) bond motifs is 4. The highest BCUT2D eigenvalue weighted by molar-refractivity contribution is 6.02. The van der Waals surface area contributed by atoms with E-state index in [4.69, 9.17) is 19.3 Å². The zero-order valence-electron chi connectivity index (χ0n) is 18.9. The first-order chi connectivity index (χ1) is 15.0. The number of ether oxygens (including phenoxy) is 3. The van der Waals surface area contributed by atoms with E-state index >= 15 is 0 Å². The van der Waals surface area contributed by atoms with Crippen molar-refractivity contribution >= 4 is 5.71 Å². The SMILES string of the molecule is COc1ccc(C2=NN3[C@@H](C2)c2cccc(OC)c2OC32CC[NH+](C(C)C)CC2)cc1. The Hall–Kier alpha value is -2.73. The number of hydrazone groups is 1. The van der Waals surface area contributed by atoms with Gasteiger partial charge in [0, 0.05) is 12.0 Å². The molecule has 1 fully saturated rings. The maximum Gasteiger partial charge on any atom is 0.209 e. The fraction of sp³-hybridized carbons (Fsp3) is 0.480. The molecule has 2 aromatic rings. The zero-order valence-corrected chi connectivity index (χ0v) is 18.9. The molecular weight excluding hydrogens is 390 g/mol. The number of para-hydroxylation sites is 1. The van der Waals surface area contributed by atoms with Gasteiger partial charge in [0.05, 0.1) is 57.9 Å². The van der Waals surface area contributed by atoms with Crippen molar-refractivity contribution in [3.63, 3.8) is 0 Å². The monoisotopic (exact) mass is 422 g/mol. The number of rotatable bonds is 4. The molecule has 164 valence electrons. The normalized spacial score (nSPS) is 26.9. The standard InChI is InChI=1S/C25H31N3O3/c1-17(2)27-14-12-25(13-15-27)28-22(20-6-5-7-23(30-4)24(20)31-25)16-21(26-28)18-8-10-19(29-3)11-9-18/h5-11,17,22H,12-16H2,1-4H3/p+1/t22-/m0/s1. The number of nitrogens with one attached hydrogen (secondary N) is 1. The van der Waals surface area contributed by atoms with Crippen LogP contribution in [0.1, 0.15) is 50.3 Å². The molecule has 6 heteroatoms. The van der Waals surface area contributed by atoms with Crippen LogP contribution in [0.4, 0.5) is 0 Å². The van der Waals surface area contributed by atoms with E-state index < -0.39 is 5.72 Å². The van der Waals surface area contributed by atoms with Crippen LogP contribution in [0.3, 0.4) is 0 Å². The Bertz CT molecular complexity index is 978. The lowest BCUT2D eigenvalue weighted by Gasteiger charge is -2.50. The largest absolute Gasteiger partial charge is 0.497 e. The van der Waals surface area contributed by atoms with Gasteiger partial charge in [-0.05, 0) is 49.7 Å². The zero-order chi connectivity index (χ0) is 21.6. The first kappa shape index (κ1) is 20.2. The quantitative estimate of drug-likeness (QED) is 0.823. The van der Waals surface area contributed by atoms with Crippen molar-refractivity contribution in [1.29, 1.82) is 0 Å². The molecule has 3 aliphatic heterocycles. The van der Waals surface area contributed by atoms with Crippen LogP contribution in [-0.2, 0) is 0 Å². The van der Waals surface area contributed by atoms with Gasteiger partial charge in [-0.2, -0.15) is 5.10 Å².